The van der Waals surface area contributed by atoms with E-state index in [1.54, 1.807) is 12.3 Å². The van der Waals surface area contributed by atoms with Gasteiger partial charge in [0, 0.05) is 19.3 Å². The predicted octanol–water partition coefficient (Wildman–Crippen LogP) is 0.743. The van der Waals surface area contributed by atoms with E-state index in [1.807, 2.05) is 0 Å². The fraction of sp³-hybridized carbons (Fsp3) is 0.600. The van der Waals surface area contributed by atoms with Gasteiger partial charge in [-0.3, -0.25) is 5.43 Å². The van der Waals surface area contributed by atoms with Crippen molar-refractivity contribution in [1.82, 2.24) is 9.97 Å². The Morgan fingerprint density at radius 2 is 2.50 bits per heavy atom. The van der Waals surface area contributed by atoms with Gasteiger partial charge in [-0.25, -0.2) is 10.8 Å². The molecule has 0 saturated carbocycles. The average molecular weight is 223 g/mol. The molecule has 88 valence electrons. The quantitative estimate of drug-likeness (QED) is 0.516. The Morgan fingerprint density at radius 3 is 3.19 bits per heavy atom. The molecular formula is C10H17N5O. The third-order valence-electron chi connectivity index (χ3n) is 2.73. The molecule has 1 unspecified atom stereocenters. The van der Waals surface area contributed by atoms with Gasteiger partial charge in [-0.15, -0.1) is 0 Å². The van der Waals surface area contributed by atoms with E-state index in [1.165, 1.54) is 0 Å². The van der Waals surface area contributed by atoms with Crippen molar-refractivity contribution in [2.45, 2.75) is 25.4 Å². The van der Waals surface area contributed by atoms with Gasteiger partial charge in [0.2, 0.25) is 5.95 Å². The summed E-state index contributed by atoms with van der Waals surface area (Å²) in [6.07, 6.45) is 3.85. The maximum Gasteiger partial charge on any atom is 0.239 e. The third-order valence-corrected chi connectivity index (χ3v) is 2.73. The van der Waals surface area contributed by atoms with Gasteiger partial charge in [-0.2, -0.15) is 4.98 Å². The Hall–Kier alpha value is -1.40. The van der Waals surface area contributed by atoms with Crippen LogP contribution in [0.2, 0.25) is 0 Å². The first-order chi connectivity index (χ1) is 7.72. The lowest BCUT2D eigenvalue weighted by molar-refractivity contribution is 0.0315. The van der Waals surface area contributed by atoms with E-state index in [9.17, 15) is 0 Å². The van der Waals surface area contributed by atoms with Crippen LogP contribution in [0.15, 0.2) is 12.3 Å². The van der Waals surface area contributed by atoms with Crippen molar-refractivity contribution >= 4 is 11.8 Å². The van der Waals surface area contributed by atoms with Crippen LogP contribution in [0.1, 0.15) is 19.8 Å². The summed E-state index contributed by atoms with van der Waals surface area (Å²) in [4.78, 5) is 8.11. The molecule has 2 heterocycles. The molecule has 6 heteroatoms. The number of hydrogen-bond acceptors (Lipinski definition) is 6. The Labute approximate surface area is 94.6 Å². The van der Waals surface area contributed by atoms with Gasteiger partial charge in [-0.05, 0) is 25.8 Å². The van der Waals surface area contributed by atoms with E-state index >= 15 is 0 Å². The van der Waals surface area contributed by atoms with Crippen molar-refractivity contribution in [2.75, 3.05) is 23.9 Å². The number of nitrogens with two attached hydrogens (primary N) is 1. The zero-order chi connectivity index (χ0) is 11.4. The number of rotatable bonds is 4. The molecule has 1 atom stereocenters. The minimum atomic E-state index is -0.0821. The zero-order valence-corrected chi connectivity index (χ0v) is 9.36. The normalized spacial score (nSPS) is 24.4. The summed E-state index contributed by atoms with van der Waals surface area (Å²) in [5.41, 5.74) is 2.33. The molecule has 0 aromatic carbocycles. The molecule has 2 rings (SSSR count). The van der Waals surface area contributed by atoms with Crippen LogP contribution in [-0.4, -0.2) is 28.7 Å². The van der Waals surface area contributed by atoms with Gasteiger partial charge in [0.15, 0.2) is 0 Å². The third kappa shape index (κ3) is 2.59. The minimum Gasteiger partial charge on any atom is -0.373 e. The van der Waals surface area contributed by atoms with Gasteiger partial charge in [0.05, 0.1) is 5.60 Å². The molecule has 0 bridgehead atoms. The molecule has 1 fully saturated rings. The minimum absolute atomic E-state index is 0.0821. The van der Waals surface area contributed by atoms with Crippen LogP contribution in [0, 0.1) is 0 Å². The highest BCUT2D eigenvalue weighted by molar-refractivity contribution is 5.39. The molecule has 6 nitrogen and oxygen atoms in total. The highest BCUT2D eigenvalue weighted by Gasteiger charge is 2.29. The predicted molar refractivity (Wildman–Crippen MR) is 61.9 cm³/mol. The second-order valence-electron chi connectivity index (χ2n) is 4.17. The number of aromatic nitrogens is 2. The van der Waals surface area contributed by atoms with Crippen molar-refractivity contribution in [3.63, 3.8) is 0 Å². The number of ether oxygens (including phenoxy) is 1. The molecule has 0 radical (unpaired) electrons. The molecule has 0 amide bonds. The van der Waals surface area contributed by atoms with Crippen molar-refractivity contribution in [1.29, 1.82) is 0 Å². The number of nitrogens with one attached hydrogen (secondary N) is 2. The average Bonchev–Trinajstić information content (AvgIpc) is 2.75. The lowest BCUT2D eigenvalue weighted by Crippen LogP contribution is -2.32. The molecule has 1 aromatic rings. The number of hydrogen-bond donors (Lipinski definition) is 3. The molecule has 1 aliphatic rings. The largest absolute Gasteiger partial charge is 0.373 e. The van der Waals surface area contributed by atoms with E-state index < -0.39 is 0 Å². The van der Waals surface area contributed by atoms with Gasteiger partial charge in [0.1, 0.15) is 5.82 Å². The fourth-order valence-corrected chi connectivity index (χ4v) is 1.78. The molecule has 0 spiro atoms. The Balaban J connectivity index is 1.93. The van der Waals surface area contributed by atoms with E-state index in [0.717, 1.165) is 31.8 Å². The maximum atomic E-state index is 5.67. The molecule has 1 aliphatic heterocycles. The summed E-state index contributed by atoms with van der Waals surface area (Å²) in [5.74, 6) is 6.39. The van der Waals surface area contributed by atoms with Crippen molar-refractivity contribution in [3.05, 3.63) is 12.3 Å². The number of anilines is 2. The first-order valence-electron chi connectivity index (χ1n) is 5.39. The van der Waals surface area contributed by atoms with Crippen LogP contribution in [0.25, 0.3) is 0 Å². The van der Waals surface area contributed by atoms with Crippen LogP contribution >= 0.6 is 0 Å². The van der Waals surface area contributed by atoms with Crippen LogP contribution in [-0.2, 0) is 4.74 Å². The lowest BCUT2D eigenvalue weighted by Gasteiger charge is -2.23. The standard InChI is InChI=1S/C10H17N5O/c1-10(4-2-6-16-10)7-13-8-3-5-12-9(14-8)15-11/h3,5H,2,4,6-7,11H2,1H3,(H2,12,13,14,15). The van der Waals surface area contributed by atoms with E-state index in [0.29, 0.717) is 5.95 Å². The molecule has 1 saturated heterocycles. The molecule has 1 aromatic heterocycles. The second kappa shape index (κ2) is 4.63. The van der Waals surface area contributed by atoms with Crippen LogP contribution in [0.3, 0.4) is 0 Å². The summed E-state index contributed by atoms with van der Waals surface area (Å²) in [5, 5.41) is 3.23. The topological polar surface area (TPSA) is 85.1 Å². The van der Waals surface area contributed by atoms with E-state index in [4.69, 9.17) is 10.6 Å². The summed E-state index contributed by atoms with van der Waals surface area (Å²) < 4.78 is 5.67. The fourth-order valence-electron chi connectivity index (χ4n) is 1.78. The summed E-state index contributed by atoms with van der Waals surface area (Å²) in [7, 11) is 0. The Bertz CT molecular complexity index is 351. The highest BCUT2D eigenvalue weighted by atomic mass is 16.5. The number of hydrazine groups is 1. The highest BCUT2D eigenvalue weighted by Crippen LogP contribution is 2.25. The van der Waals surface area contributed by atoms with E-state index in [-0.39, 0.29) is 5.60 Å². The molecule has 0 aliphatic carbocycles. The van der Waals surface area contributed by atoms with Gasteiger partial charge < -0.3 is 10.1 Å². The Kier molecular flexibility index (Phi) is 3.21. The van der Waals surface area contributed by atoms with E-state index in [2.05, 4.69) is 27.6 Å². The van der Waals surface area contributed by atoms with Crippen LogP contribution < -0.4 is 16.6 Å². The monoisotopic (exact) mass is 223 g/mol. The zero-order valence-electron chi connectivity index (χ0n) is 9.36. The molecular weight excluding hydrogens is 206 g/mol. The van der Waals surface area contributed by atoms with Crippen molar-refractivity contribution in [3.8, 4) is 0 Å². The van der Waals surface area contributed by atoms with Gasteiger partial charge >= 0.3 is 0 Å². The maximum absolute atomic E-state index is 5.67. The lowest BCUT2D eigenvalue weighted by atomic mass is 10.0. The number of nitrogen functional groups attached to an aromatic ring is 1. The summed E-state index contributed by atoms with van der Waals surface area (Å²) in [6.45, 7) is 3.70. The number of nitrogens with zero attached hydrogens (tertiary/aromatic N) is 2. The second-order valence-corrected chi connectivity index (χ2v) is 4.17. The Morgan fingerprint density at radius 1 is 1.62 bits per heavy atom. The smallest absolute Gasteiger partial charge is 0.239 e. The molecule has 16 heavy (non-hydrogen) atoms. The van der Waals surface area contributed by atoms with Gasteiger partial charge in [-0.1, -0.05) is 0 Å². The summed E-state index contributed by atoms with van der Waals surface area (Å²) in [6, 6.07) is 1.80. The van der Waals surface area contributed by atoms with Crippen LogP contribution in [0.5, 0.6) is 0 Å². The van der Waals surface area contributed by atoms with Gasteiger partial charge in [0.25, 0.3) is 0 Å². The first-order valence-corrected chi connectivity index (χ1v) is 5.39. The molecule has 4 N–H and O–H groups in total. The SMILES string of the molecule is CC1(CNc2ccnc(NN)n2)CCCO1. The van der Waals surface area contributed by atoms with Crippen molar-refractivity contribution < 1.29 is 4.74 Å². The first kappa shape index (κ1) is 11.1. The van der Waals surface area contributed by atoms with Crippen LogP contribution in [0.4, 0.5) is 11.8 Å². The summed E-state index contributed by atoms with van der Waals surface area (Å²) >= 11 is 0. The van der Waals surface area contributed by atoms with Crippen molar-refractivity contribution in [2.24, 2.45) is 5.84 Å².